The van der Waals surface area contributed by atoms with Gasteiger partial charge in [0, 0.05) is 5.02 Å². The van der Waals surface area contributed by atoms with E-state index in [1.807, 2.05) is 12.1 Å². The van der Waals surface area contributed by atoms with Gasteiger partial charge in [-0.25, -0.2) is 0 Å². The summed E-state index contributed by atoms with van der Waals surface area (Å²) in [4.78, 5) is 0. The maximum atomic E-state index is 5.86. The van der Waals surface area contributed by atoms with Crippen LogP contribution >= 0.6 is 11.6 Å². The zero-order valence-electron chi connectivity index (χ0n) is 8.70. The van der Waals surface area contributed by atoms with Gasteiger partial charge >= 0.3 is 0 Å². The third-order valence-corrected chi connectivity index (χ3v) is 2.76. The van der Waals surface area contributed by atoms with E-state index in [0.717, 1.165) is 11.4 Å². The Kier molecular flexibility index (Phi) is 3.08. The molecule has 0 aliphatic rings. The second-order valence-electron chi connectivity index (χ2n) is 3.56. The third-order valence-electron chi connectivity index (χ3n) is 2.51. The monoisotopic (exact) mass is 216 g/mol. The predicted octanol–water partition coefficient (Wildman–Crippen LogP) is 4.57. The van der Waals surface area contributed by atoms with Crippen LogP contribution in [-0.4, -0.2) is 0 Å². The van der Waals surface area contributed by atoms with Gasteiger partial charge in [0.1, 0.15) is 0 Å². The fourth-order valence-electron chi connectivity index (χ4n) is 1.61. The van der Waals surface area contributed by atoms with Gasteiger partial charge in [-0.15, -0.1) is 0 Å². The maximum Gasteiger partial charge on any atom is 0.0406 e. The van der Waals surface area contributed by atoms with Crippen molar-refractivity contribution in [3.63, 3.8) is 0 Å². The lowest BCUT2D eigenvalue weighted by atomic mass is 10.0. The Morgan fingerprint density at radius 3 is 2.33 bits per heavy atom. The fourth-order valence-corrected chi connectivity index (χ4v) is 1.74. The summed E-state index contributed by atoms with van der Waals surface area (Å²) in [6, 6.07) is 16.6. The molecule has 0 N–H and O–H groups in total. The summed E-state index contributed by atoms with van der Waals surface area (Å²) in [5.74, 6) is 0. The van der Waals surface area contributed by atoms with Crippen molar-refractivity contribution in [1.29, 1.82) is 0 Å². The van der Waals surface area contributed by atoms with Crippen molar-refractivity contribution in [2.45, 2.75) is 13.3 Å². The average Bonchev–Trinajstić information content (AvgIpc) is 2.30. The number of benzene rings is 2. The number of hydrogen-bond donors (Lipinski definition) is 0. The third kappa shape index (κ3) is 2.40. The van der Waals surface area contributed by atoms with Gasteiger partial charge in [-0.3, -0.25) is 0 Å². The van der Waals surface area contributed by atoms with E-state index in [-0.39, 0.29) is 0 Å². The second-order valence-corrected chi connectivity index (χ2v) is 4.00. The fraction of sp³-hybridized carbons (Fsp3) is 0.143. The molecule has 0 aliphatic carbocycles. The van der Waals surface area contributed by atoms with Gasteiger partial charge in [0.2, 0.25) is 0 Å². The molecule has 0 saturated heterocycles. The molecule has 0 fully saturated rings. The molecule has 0 spiro atoms. The largest absolute Gasteiger partial charge is 0.0843 e. The van der Waals surface area contributed by atoms with Crippen LogP contribution in [0.3, 0.4) is 0 Å². The second kappa shape index (κ2) is 4.50. The Balaban J connectivity index is 2.40. The molecular formula is C14H13Cl. The van der Waals surface area contributed by atoms with Crippen molar-refractivity contribution in [1.82, 2.24) is 0 Å². The SMILES string of the molecule is CCc1cccc(-c2ccc(Cl)cc2)c1. The molecule has 0 saturated carbocycles. The lowest BCUT2D eigenvalue weighted by molar-refractivity contribution is 1.14. The highest BCUT2D eigenvalue weighted by Gasteiger charge is 1.98. The number of rotatable bonds is 2. The molecule has 15 heavy (non-hydrogen) atoms. The molecule has 0 unspecified atom stereocenters. The van der Waals surface area contributed by atoms with E-state index in [2.05, 4.69) is 43.3 Å². The lowest BCUT2D eigenvalue weighted by Gasteiger charge is -2.03. The van der Waals surface area contributed by atoms with Crippen LogP contribution < -0.4 is 0 Å². The Hall–Kier alpha value is -1.27. The molecular weight excluding hydrogens is 204 g/mol. The van der Waals surface area contributed by atoms with Gasteiger partial charge < -0.3 is 0 Å². The number of aryl methyl sites for hydroxylation is 1. The summed E-state index contributed by atoms with van der Waals surface area (Å²) in [6.07, 6.45) is 1.07. The minimum Gasteiger partial charge on any atom is -0.0843 e. The van der Waals surface area contributed by atoms with E-state index >= 15 is 0 Å². The van der Waals surface area contributed by atoms with E-state index in [4.69, 9.17) is 11.6 Å². The standard InChI is InChI=1S/C14H13Cl/c1-2-11-4-3-5-13(10-11)12-6-8-14(15)9-7-12/h3-10H,2H2,1H3. The minimum absolute atomic E-state index is 0.783. The predicted molar refractivity (Wildman–Crippen MR) is 66.3 cm³/mol. The normalized spacial score (nSPS) is 10.3. The van der Waals surface area contributed by atoms with Crippen LogP contribution in [0.4, 0.5) is 0 Å². The highest BCUT2D eigenvalue weighted by Crippen LogP contribution is 2.22. The summed E-state index contributed by atoms with van der Waals surface area (Å²) in [5.41, 5.74) is 3.84. The molecule has 0 bridgehead atoms. The van der Waals surface area contributed by atoms with Crippen LogP contribution in [0.15, 0.2) is 48.5 Å². The van der Waals surface area contributed by atoms with Gasteiger partial charge in [-0.05, 0) is 35.2 Å². The minimum atomic E-state index is 0.783. The van der Waals surface area contributed by atoms with Crippen LogP contribution in [0.5, 0.6) is 0 Å². The van der Waals surface area contributed by atoms with Crippen molar-refractivity contribution >= 4 is 11.6 Å². The first-order valence-electron chi connectivity index (χ1n) is 5.14. The van der Waals surface area contributed by atoms with Crippen LogP contribution in [-0.2, 0) is 6.42 Å². The van der Waals surface area contributed by atoms with Crippen LogP contribution in [0, 0.1) is 0 Å². The first-order chi connectivity index (χ1) is 7.29. The molecule has 0 nitrogen and oxygen atoms in total. The Labute approximate surface area is 95.5 Å². The van der Waals surface area contributed by atoms with Crippen molar-refractivity contribution in [3.05, 3.63) is 59.1 Å². The highest BCUT2D eigenvalue weighted by atomic mass is 35.5. The average molecular weight is 217 g/mol. The number of halogens is 1. The highest BCUT2D eigenvalue weighted by molar-refractivity contribution is 6.30. The molecule has 0 atom stereocenters. The summed E-state index contributed by atoms with van der Waals surface area (Å²) in [7, 11) is 0. The van der Waals surface area contributed by atoms with E-state index in [1.54, 1.807) is 0 Å². The lowest BCUT2D eigenvalue weighted by Crippen LogP contribution is -1.82. The van der Waals surface area contributed by atoms with Crippen molar-refractivity contribution in [2.24, 2.45) is 0 Å². The van der Waals surface area contributed by atoms with E-state index in [1.165, 1.54) is 16.7 Å². The van der Waals surface area contributed by atoms with Crippen molar-refractivity contribution < 1.29 is 0 Å². The molecule has 2 rings (SSSR count). The molecule has 0 aromatic heterocycles. The topological polar surface area (TPSA) is 0 Å². The van der Waals surface area contributed by atoms with Gasteiger partial charge in [0.15, 0.2) is 0 Å². The van der Waals surface area contributed by atoms with Gasteiger partial charge in [0.25, 0.3) is 0 Å². The first-order valence-corrected chi connectivity index (χ1v) is 5.52. The summed E-state index contributed by atoms with van der Waals surface area (Å²) in [5, 5.41) is 0.783. The summed E-state index contributed by atoms with van der Waals surface area (Å²) in [6.45, 7) is 2.17. The Morgan fingerprint density at radius 2 is 1.67 bits per heavy atom. The maximum absolute atomic E-state index is 5.86. The first kappa shape index (κ1) is 10.3. The van der Waals surface area contributed by atoms with Gasteiger partial charge in [0.05, 0.1) is 0 Å². The molecule has 2 aromatic rings. The van der Waals surface area contributed by atoms with Crippen LogP contribution in [0.2, 0.25) is 5.02 Å². The molecule has 1 heteroatoms. The molecule has 0 heterocycles. The van der Waals surface area contributed by atoms with Gasteiger partial charge in [-0.2, -0.15) is 0 Å². The van der Waals surface area contributed by atoms with Crippen molar-refractivity contribution in [3.8, 4) is 11.1 Å². The van der Waals surface area contributed by atoms with E-state index in [9.17, 15) is 0 Å². The zero-order chi connectivity index (χ0) is 10.7. The summed E-state index contributed by atoms with van der Waals surface area (Å²) < 4.78 is 0. The molecule has 0 amide bonds. The molecule has 76 valence electrons. The van der Waals surface area contributed by atoms with E-state index in [0.29, 0.717) is 0 Å². The zero-order valence-corrected chi connectivity index (χ0v) is 9.46. The van der Waals surface area contributed by atoms with E-state index < -0.39 is 0 Å². The molecule has 2 aromatic carbocycles. The smallest absolute Gasteiger partial charge is 0.0406 e. The number of hydrogen-bond acceptors (Lipinski definition) is 0. The van der Waals surface area contributed by atoms with Crippen LogP contribution in [0.1, 0.15) is 12.5 Å². The molecule has 0 aliphatic heterocycles. The Morgan fingerprint density at radius 1 is 0.933 bits per heavy atom. The molecule has 0 radical (unpaired) electrons. The van der Waals surface area contributed by atoms with Crippen molar-refractivity contribution in [2.75, 3.05) is 0 Å². The quantitative estimate of drug-likeness (QED) is 0.690. The Bertz CT molecular complexity index is 443. The van der Waals surface area contributed by atoms with Crippen LogP contribution in [0.25, 0.3) is 11.1 Å². The summed E-state index contributed by atoms with van der Waals surface area (Å²) >= 11 is 5.86. The van der Waals surface area contributed by atoms with Gasteiger partial charge in [-0.1, -0.05) is 54.9 Å².